The Balaban J connectivity index is 3.35. The maximum Gasteiger partial charge on any atom is 0.133 e. The second-order valence-corrected chi connectivity index (χ2v) is 1.94. The lowest BCUT2D eigenvalue weighted by Gasteiger charge is -1.89. The number of nitrogens with zero attached hydrogens (tertiary/aromatic N) is 2. The van der Waals surface area contributed by atoms with Crippen molar-refractivity contribution in [2.24, 2.45) is 0 Å². The summed E-state index contributed by atoms with van der Waals surface area (Å²) < 4.78 is 40.4. The maximum atomic E-state index is 12.7. The third-order valence-electron chi connectivity index (χ3n) is 0.611. The fourth-order valence-electron chi connectivity index (χ4n) is 0.297. The highest BCUT2D eigenvalue weighted by molar-refractivity contribution is 9.10. The minimum atomic E-state index is -3.24. The van der Waals surface area contributed by atoms with Gasteiger partial charge >= 0.3 is 0 Å². The first-order valence-corrected chi connectivity index (χ1v) is 2.82. The van der Waals surface area contributed by atoms with Crippen molar-refractivity contribution in [1.29, 1.82) is 0 Å². The van der Waals surface area contributed by atoms with E-state index in [2.05, 4.69) is 26.1 Å². The van der Waals surface area contributed by atoms with Crippen LogP contribution in [0, 0.1) is 0 Å². The monoisotopic (exact) mass is 194 g/mol. The molecule has 0 radical (unpaired) electrons. The van der Waals surface area contributed by atoms with Gasteiger partial charge in [0.1, 0.15) is 11.2 Å². The van der Waals surface area contributed by atoms with E-state index in [1.54, 1.807) is 0 Å². The largest absolute Gasteiger partial charge is 0.244 e. The molecule has 48 valence electrons. The first kappa shape index (κ1) is 3.05. The Labute approximate surface area is 65.9 Å². The second-order valence-electron chi connectivity index (χ2n) is 1.18. The molecule has 0 atom stereocenters. The average molecular weight is 195 g/mol. The number of aromatic nitrogens is 2. The molecule has 0 spiro atoms. The molecular weight excluding hydrogens is 187 g/mol. The lowest BCUT2D eigenvalue weighted by molar-refractivity contribution is 0.472. The molecular formula is C5H4BrFN2. The molecule has 0 saturated carbocycles. The van der Waals surface area contributed by atoms with Crippen LogP contribution in [0.1, 0.15) is 11.2 Å². The summed E-state index contributed by atoms with van der Waals surface area (Å²) in [5, 5.41) is 6.44. The summed E-state index contributed by atoms with van der Waals surface area (Å²) in [6.45, 7) is -3.24. The molecule has 0 aliphatic heterocycles. The lowest BCUT2D eigenvalue weighted by atomic mass is 10.4. The van der Waals surface area contributed by atoms with Crippen molar-refractivity contribution in [3.05, 3.63) is 22.4 Å². The molecule has 0 amide bonds. The standard InChI is InChI=1S/C5H4BrFN2/c6-5-2-1-4(3-7)8-9-5/h1-2H,3H2/i1D,2D,3D2. The predicted octanol–water partition coefficient (Wildman–Crippen LogP) is 1.71. The molecule has 1 heterocycles. The smallest absolute Gasteiger partial charge is 0.133 e. The summed E-state index contributed by atoms with van der Waals surface area (Å²) in [7, 11) is 0. The highest BCUT2D eigenvalue weighted by Crippen LogP contribution is 2.03. The molecule has 1 aromatic rings. The summed E-state index contributed by atoms with van der Waals surface area (Å²) in [6, 6.07) is -0.985. The topological polar surface area (TPSA) is 25.8 Å². The van der Waals surface area contributed by atoms with Gasteiger partial charge in [0.05, 0.1) is 11.2 Å². The lowest BCUT2D eigenvalue weighted by Crippen LogP contribution is -1.87. The van der Waals surface area contributed by atoms with Gasteiger partial charge in [-0.3, -0.25) is 0 Å². The van der Waals surface area contributed by atoms with Crippen LogP contribution >= 0.6 is 15.9 Å². The molecule has 0 saturated heterocycles. The van der Waals surface area contributed by atoms with E-state index < -0.39 is 18.4 Å². The Morgan fingerprint density at radius 2 is 2.56 bits per heavy atom. The highest BCUT2D eigenvalue weighted by atomic mass is 79.9. The molecule has 0 aliphatic rings. The van der Waals surface area contributed by atoms with Crippen LogP contribution < -0.4 is 0 Å². The van der Waals surface area contributed by atoms with Gasteiger partial charge in [0.15, 0.2) is 0 Å². The Bertz CT molecular complexity index is 340. The van der Waals surface area contributed by atoms with Crippen LogP contribution in [-0.4, -0.2) is 10.2 Å². The van der Waals surface area contributed by atoms with Crippen LogP contribution in [0.25, 0.3) is 0 Å². The third-order valence-corrected chi connectivity index (χ3v) is 0.968. The second kappa shape index (κ2) is 2.87. The average Bonchev–Trinajstić information content (AvgIpc) is 1.98. The molecule has 0 fully saturated rings. The first-order chi connectivity index (χ1) is 5.84. The zero-order valence-electron chi connectivity index (χ0n) is 8.15. The van der Waals surface area contributed by atoms with E-state index in [0.717, 1.165) is 0 Å². The molecule has 1 rings (SSSR count). The van der Waals surface area contributed by atoms with E-state index in [4.69, 9.17) is 5.48 Å². The Morgan fingerprint density at radius 3 is 3.22 bits per heavy atom. The Kier molecular flexibility index (Phi) is 0.973. The fourth-order valence-corrected chi connectivity index (χ4v) is 0.476. The number of halogens is 2. The molecule has 1 aromatic heterocycles. The van der Waals surface area contributed by atoms with Gasteiger partial charge in [-0.05, 0) is 28.0 Å². The van der Waals surface area contributed by atoms with Gasteiger partial charge in [-0.1, -0.05) is 0 Å². The number of hydrogen-bond donors (Lipinski definition) is 0. The van der Waals surface area contributed by atoms with Crippen LogP contribution in [0.15, 0.2) is 16.7 Å². The van der Waals surface area contributed by atoms with Crippen LogP contribution in [0.3, 0.4) is 0 Å². The summed E-state index contributed by atoms with van der Waals surface area (Å²) in [4.78, 5) is 0. The van der Waals surface area contributed by atoms with E-state index in [0.29, 0.717) is 0 Å². The number of alkyl halides is 1. The molecule has 0 aliphatic carbocycles. The summed E-state index contributed by atoms with van der Waals surface area (Å²) in [5.74, 6) is 0. The molecule has 2 nitrogen and oxygen atoms in total. The van der Waals surface area contributed by atoms with E-state index >= 15 is 0 Å². The molecule has 0 aromatic carbocycles. The van der Waals surface area contributed by atoms with Crippen LogP contribution in [0.4, 0.5) is 4.39 Å². The Hall–Kier alpha value is -0.510. The quantitative estimate of drug-likeness (QED) is 0.681. The molecule has 4 heteroatoms. The number of hydrogen-bond acceptors (Lipinski definition) is 2. The van der Waals surface area contributed by atoms with Gasteiger partial charge in [-0.15, -0.1) is 5.10 Å². The van der Waals surface area contributed by atoms with E-state index in [1.165, 1.54) is 0 Å². The van der Waals surface area contributed by atoms with E-state index in [-0.39, 0.29) is 10.6 Å². The number of rotatable bonds is 1. The van der Waals surface area contributed by atoms with Crippen molar-refractivity contribution < 1.29 is 9.87 Å². The normalized spacial score (nSPS) is 17.6. The van der Waals surface area contributed by atoms with Crippen LogP contribution in [-0.2, 0) is 6.63 Å². The van der Waals surface area contributed by atoms with Gasteiger partial charge < -0.3 is 0 Å². The molecule has 0 bridgehead atoms. The van der Waals surface area contributed by atoms with Gasteiger partial charge in [0.25, 0.3) is 0 Å². The van der Waals surface area contributed by atoms with Gasteiger partial charge in [-0.2, -0.15) is 5.10 Å². The van der Waals surface area contributed by atoms with Gasteiger partial charge in [0.2, 0.25) is 0 Å². The minimum absolute atomic E-state index is 0.00880. The molecule has 0 unspecified atom stereocenters. The van der Waals surface area contributed by atoms with Crippen molar-refractivity contribution in [3.63, 3.8) is 0 Å². The van der Waals surface area contributed by atoms with Gasteiger partial charge in [0, 0.05) is 0 Å². The zero-order chi connectivity index (χ0) is 10.2. The SMILES string of the molecule is [2H]c1c(Br)nnc(C([2H])([2H])F)c1[2H]. The maximum absolute atomic E-state index is 12.7. The summed E-state index contributed by atoms with van der Waals surface area (Å²) in [6.07, 6.45) is 0. The van der Waals surface area contributed by atoms with Crippen molar-refractivity contribution in [3.8, 4) is 0 Å². The zero-order valence-corrected chi connectivity index (χ0v) is 5.74. The van der Waals surface area contributed by atoms with Crippen molar-refractivity contribution >= 4 is 15.9 Å². The predicted molar refractivity (Wildman–Crippen MR) is 34.5 cm³/mol. The van der Waals surface area contributed by atoms with E-state index in [1.807, 2.05) is 0 Å². The molecule has 9 heavy (non-hydrogen) atoms. The van der Waals surface area contributed by atoms with Crippen molar-refractivity contribution in [2.45, 2.75) is 6.63 Å². The first-order valence-electron chi connectivity index (χ1n) is 4.03. The van der Waals surface area contributed by atoms with Gasteiger partial charge in [-0.25, -0.2) is 4.39 Å². The van der Waals surface area contributed by atoms with Crippen LogP contribution in [0.5, 0.6) is 0 Å². The van der Waals surface area contributed by atoms with Crippen LogP contribution in [0.2, 0.25) is 0 Å². The highest BCUT2D eigenvalue weighted by Gasteiger charge is 1.91. The molecule has 0 N–H and O–H groups in total. The van der Waals surface area contributed by atoms with Crippen molar-refractivity contribution in [1.82, 2.24) is 10.2 Å². The van der Waals surface area contributed by atoms with Crippen molar-refractivity contribution in [2.75, 3.05) is 0 Å². The third kappa shape index (κ3) is 1.71. The summed E-state index contributed by atoms with van der Waals surface area (Å²) >= 11 is 2.82. The van der Waals surface area contributed by atoms with E-state index in [9.17, 15) is 4.39 Å². The Morgan fingerprint density at radius 1 is 1.78 bits per heavy atom. The minimum Gasteiger partial charge on any atom is -0.244 e. The summed E-state index contributed by atoms with van der Waals surface area (Å²) in [5.41, 5.74) is -0.777. The fraction of sp³-hybridized carbons (Fsp3) is 0.200.